The molecule has 1 aliphatic carbocycles. The van der Waals surface area contributed by atoms with Gasteiger partial charge in [-0.25, -0.2) is 4.98 Å². The summed E-state index contributed by atoms with van der Waals surface area (Å²) in [6, 6.07) is 6.10. The van der Waals surface area contributed by atoms with Crippen molar-refractivity contribution in [2.75, 3.05) is 7.05 Å². The van der Waals surface area contributed by atoms with Crippen LogP contribution in [0.15, 0.2) is 36.8 Å². The maximum Gasteiger partial charge on any atom is 0.232 e. The largest absolute Gasteiger partial charge is 0.473 e. The zero-order valence-corrected chi connectivity index (χ0v) is 17.1. The zero-order chi connectivity index (χ0) is 19.8. The molecule has 1 aromatic carbocycles. The number of nitrogens with zero attached hydrogens (tertiary/aromatic N) is 6. The van der Waals surface area contributed by atoms with Crippen molar-refractivity contribution in [3.05, 3.63) is 59.0 Å². The van der Waals surface area contributed by atoms with Crippen LogP contribution in [0.2, 0.25) is 5.02 Å². The van der Waals surface area contributed by atoms with E-state index in [4.69, 9.17) is 16.3 Å². The number of benzene rings is 1. The number of fused-ring (bicyclic) bond motifs is 3. The maximum absolute atomic E-state index is 6.27. The summed E-state index contributed by atoms with van der Waals surface area (Å²) >= 11 is 6.27. The molecule has 3 aromatic rings. The lowest BCUT2D eigenvalue weighted by atomic mass is 9.86. The summed E-state index contributed by atoms with van der Waals surface area (Å²) in [6.45, 7) is 1.61. The summed E-state index contributed by atoms with van der Waals surface area (Å²) < 4.78 is 8.25. The highest BCUT2D eigenvalue weighted by molar-refractivity contribution is 6.30. The van der Waals surface area contributed by atoms with Crippen molar-refractivity contribution in [1.29, 1.82) is 0 Å². The van der Waals surface area contributed by atoms with Crippen LogP contribution in [-0.4, -0.2) is 42.8 Å². The van der Waals surface area contributed by atoms with Gasteiger partial charge in [-0.15, -0.1) is 10.2 Å². The van der Waals surface area contributed by atoms with Gasteiger partial charge in [-0.3, -0.25) is 14.5 Å². The number of aromatic nitrogens is 5. The normalized spacial score (nSPS) is 21.9. The van der Waals surface area contributed by atoms with Crippen LogP contribution in [0.4, 0.5) is 0 Å². The van der Waals surface area contributed by atoms with E-state index in [1.54, 1.807) is 18.6 Å². The van der Waals surface area contributed by atoms with Crippen LogP contribution in [0.5, 0.6) is 5.88 Å². The van der Waals surface area contributed by atoms with E-state index in [1.807, 2.05) is 6.07 Å². The molecule has 0 unspecified atom stereocenters. The molecule has 150 valence electrons. The molecular weight excluding hydrogens is 388 g/mol. The molecule has 1 aliphatic heterocycles. The fourth-order valence-corrected chi connectivity index (χ4v) is 4.60. The zero-order valence-electron chi connectivity index (χ0n) is 16.3. The molecule has 1 fully saturated rings. The van der Waals surface area contributed by atoms with E-state index in [0.29, 0.717) is 11.8 Å². The van der Waals surface area contributed by atoms with Crippen LogP contribution in [-0.2, 0) is 13.1 Å². The molecule has 29 heavy (non-hydrogen) atoms. The van der Waals surface area contributed by atoms with Crippen LogP contribution in [0.25, 0.3) is 5.69 Å². The van der Waals surface area contributed by atoms with Crippen LogP contribution >= 0.6 is 11.6 Å². The van der Waals surface area contributed by atoms with Gasteiger partial charge in [-0.2, -0.15) is 0 Å². The summed E-state index contributed by atoms with van der Waals surface area (Å²) in [5.74, 6) is 3.00. The molecule has 0 atom stereocenters. The standard InChI is InChI=1S/C21H23ClN6O/c1-27-12-15-10-16(22)4-7-18(15)28-19(13-27)25-26-21(28)14-2-5-17(6-3-14)29-20-11-23-8-9-24-20/h4,7-11,14,17H,2-3,5-6,12-13H2,1H3/t14-,17-. The van der Waals surface area contributed by atoms with Gasteiger partial charge in [0.05, 0.1) is 18.4 Å². The van der Waals surface area contributed by atoms with Crippen molar-refractivity contribution in [2.45, 2.75) is 50.8 Å². The number of ether oxygens (including phenoxy) is 1. The lowest BCUT2D eigenvalue weighted by Crippen LogP contribution is -2.25. The van der Waals surface area contributed by atoms with E-state index in [1.165, 1.54) is 5.56 Å². The van der Waals surface area contributed by atoms with Crippen molar-refractivity contribution >= 4 is 11.6 Å². The Balaban J connectivity index is 1.38. The first kappa shape index (κ1) is 18.5. The third-order valence-electron chi connectivity index (χ3n) is 5.76. The Morgan fingerprint density at radius 1 is 1.07 bits per heavy atom. The van der Waals surface area contributed by atoms with E-state index in [-0.39, 0.29) is 6.10 Å². The summed E-state index contributed by atoms with van der Waals surface area (Å²) in [6.07, 6.45) is 9.13. The quantitative estimate of drug-likeness (QED) is 0.654. The highest BCUT2D eigenvalue weighted by Crippen LogP contribution is 2.36. The van der Waals surface area contributed by atoms with E-state index in [2.05, 4.69) is 48.8 Å². The summed E-state index contributed by atoms with van der Waals surface area (Å²) in [5, 5.41) is 9.92. The third-order valence-corrected chi connectivity index (χ3v) is 5.99. The second kappa shape index (κ2) is 7.72. The first-order valence-electron chi connectivity index (χ1n) is 10.0. The number of rotatable bonds is 3. The third kappa shape index (κ3) is 3.72. The average molecular weight is 411 g/mol. The van der Waals surface area contributed by atoms with E-state index in [9.17, 15) is 0 Å². The first-order valence-corrected chi connectivity index (χ1v) is 10.4. The van der Waals surface area contributed by atoms with Crippen molar-refractivity contribution in [3.63, 3.8) is 0 Å². The van der Waals surface area contributed by atoms with Gasteiger partial charge in [0, 0.05) is 29.9 Å². The van der Waals surface area contributed by atoms with Gasteiger partial charge in [0.2, 0.25) is 5.88 Å². The lowest BCUT2D eigenvalue weighted by molar-refractivity contribution is 0.138. The Kier molecular flexibility index (Phi) is 4.93. The fourth-order valence-electron chi connectivity index (χ4n) is 4.40. The van der Waals surface area contributed by atoms with E-state index >= 15 is 0 Å². The summed E-state index contributed by atoms with van der Waals surface area (Å²) in [7, 11) is 2.10. The van der Waals surface area contributed by atoms with E-state index in [0.717, 1.165) is 61.1 Å². The van der Waals surface area contributed by atoms with Gasteiger partial charge < -0.3 is 4.74 Å². The van der Waals surface area contributed by atoms with Crippen molar-refractivity contribution < 1.29 is 4.74 Å². The van der Waals surface area contributed by atoms with Crippen LogP contribution < -0.4 is 4.74 Å². The highest BCUT2D eigenvalue weighted by Gasteiger charge is 2.30. The smallest absolute Gasteiger partial charge is 0.232 e. The molecule has 8 heteroatoms. The monoisotopic (exact) mass is 410 g/mol. The van der Waals surface area contributed by atoms with Crippen molar-refractivity contribution in [3.8, 4) is 11.6 Å². The first-order chi connectivity index (χ1) is 14.2. The van der Waals surface area contributed by atoms with Crippen molar-refractivity contribution in [2.24, 2.45) is 0 Å². The molecule has 0 spiro atoms. The molecule has 5 rings (SSSR count). The molecule has 7 nitrogen and oxygen atoms in total. The molecule has 0 amide bonds. The SMILES string of the molecule is CN1Cc2cc(Cl)ccc2-n2c(nnc2[C@H]2CC[C@H](Oc3cnccn3)CC2)C1. The fraction of sp³-hybridized carbons (Fsp3) is 0.429. The Morgan fingerprint density at radius 3 is 2.72 bits per heavy atom. The Labute approximate surface area is 174 Å². The van der Waals surface area contributed by atoms with Gasteiger partial charge in [-0.05, 0) is 56.5 Å². The van der Waals surface area contributed by atoms with Gasteiger partial charge in [0.15, 0.2) is 5.82 Å². The lowest BCUT2D eigenvalue weighted by Gasteiger charge is -2.28. The predicted octanol–water partition coefficient (Wildman–Crippen LogP) is 3.76. The molecule has 2 aromatic heterocycles. The molecule has 2 aliphatic rings. The Hall–Kier alpha value is -2.51. The average Bonchev–Trinajstić information content (AvgIpc) is 3.06. The molecule has 1 saturated carbocycles. The molecule has 0 N–H and O–H groups in total. The molecule has 0 saturated heterocycles. The number of hydrogen-bond donors (Lipinski definition) is 0. The molecule has 0 radical (unpaired) electrons. The highest BCUT2D eigenvalue weighted by atomic mass is 35.5. The predicted molar refractivity (Wildman–Crippen MR) is 109 cm³/mol. The second-order valence-corrected chi connectivity index (χ2v) is 8.33. The summed E-state index contributed by atoms with van der Waals surface area (Å²) in [4.78, 5) is 10.5. The minimum absolute atomic E-state index is 0.173. The van der Waals surface area contributed by atoms with Gasteiger partial charge in [0.1, 0.15) is 11.9 Å². The number of hydrogen-bond acceptors (Lipinski definition) is 6. The maximum atomic E-state index is 6.27. The van der Waals surface area contributed by atoms with Crippen LogP contribution in [0.1, 0.15) is 48.8 Å². The second-order valence-electron chi connectivity index (χ2n) is 7.89. The topological polar surface area (TPSA) is 69.0 Å². The molecule has 0 bridgehead atoms. The van der Waals surface area contributed by atoms with E-state index < -0.39 is 0 Å². The van der Waals surface area contributed by atoms with Gasteiger partial charge >= 0.3 is 0 Å². The van der Waals surface area contributed by atoms with Gasteiger partial charge in [-0.1, -0.05) is 11.6 Å². The van der Waals surface area contributed by atoms with Gasteiger partial charge in [0.25, 0.3) is 0 Å². The number of halogens is 1. The summed E-state index contributed by atoms with van der Waals surface area (Å²) in [5.41, 5.74) is 2.35. The Morgan fingerprint density at radius 2 is 1.93 bits per heavy atom. The van der Waals surface area contributed by atoms with Crippen LogP contribution in [0, 0.1) is 0 Å². The minimum atomic E-state index is 0.173. The molecule has 3 heterocycles. The Bertz CT molecular complexity index is 1000. The molecular formula is C21H23ClN6O. The van der Waals surface area contributed by atoms with Crippen molar-refractivity contribution in [1.82, 2.24) is 29.6 Å². The minimum Gasteiger partial charge on any atom is -0.473 e. The van der Waals surface area contributed by atoms with Crippen LogP contribution in [0.3, 0.4) is 0 Å².